The third-order valence-corrected chi connectivity index (χ3v) is 2.76. The van der Waals surface area contributed by atoms with Gasteiger partial charge in [-0.1, -0.05) is 6.07 Å². The lowest BCUT2D eigenvalue weighted by Crippen LogP contribution is -2.12. The largest absolute Gasteiger partial charge is 0.378 e. The maximum atomic E-state index is 11.1. The van der Waals surface area contributed by atoms with Crippen molar-refractivity contribution in [2.45, 2.75) is 13.0 Å². The van der Waals surface area contributed by atoms with Gasteiger partial charge < -0.3 is 11.1 Å². The molecule has 5 heteroatoms. The number of anilines is 1. The molecule has 0 aliphatic heterocycles. The first-order valence-electron chi connectivity index (χ1n) is 5.71. The number of aromatic nitrogens is 2. The Hall–Kier alpha value is -2.30. The van der Waals surface area contributed by atoms with Crippen LogP contribution in [0.5, 0.6) is 0 Å². The fourth-order valence-electron chi connectivity index (χ4n) is 1.76. The van der Waals surface area contributed by atoms with Crippen LogP contribution >= 0.6 is 0 Å². The summed E-state index contributed by atoms with van der Waals surface area (Å²) in [7, 11) is 1.88. The Morgan fingerprint density at radius 2 is 2.28 bits per heavy atom. The van der Waals surface area contributed by atoms with Crippen LogP contribution in [0.25, 0.3) is 0 Å². The van der Waals surface area contributed by atoms with Crippen molar-refractivity contribution in [3.63, 3.8) is 0 Å². The van der Waals surface area contributed by atoms with E-state index >= 15 is 0 Å². The molecule has 0 aliphatic carbocycles. The van der Waals surface area contributed by atoms with Crippen LogP contribution in [0.2, 0.25) is 0 Å². The molecule has 5 nitrogen and oxygen atoms in total. The highest BCUT2D eigenvalue weighted by molar-refractivity contribution is 5.93. The van der Waals surface area contributed by atoms with E-state index in [0.29, 0.717) is 5.56 Å². The first-order valence-corrected chi connectivity index (χ1v) is 5.71. The van der Waals surface area contributed by atoms with Gasteiger partial charge in [-0.2, -0.15) is 5.10 Å². The van der Waals surface area contributed by atoms with Crippen LogP contribution in [0.15, 0.2) is 36.7 Å². The number of nitrogens with two attached hydrogens (primary N) is 1. The lowest BCUT2D eigenvalue weighted by molar-refractivity contribution is 0.100. The number of benzene rings is 1. The van der Waals surface area contributed by atoms with Crippen LogP contribution in [0, 0.1) is 0 Å². The predicted octanol–water partition coefficient (Wildman–Crippen LogP) is 1.69. The van der Waals surface area contributed by atoms with Gasteiger partial charge >= 0.3 is 0 Å². The minimum atomic E-state index is -0.423. The summed E-state index contributed by atoms with van der Waals surface area (Å²) in [4.78, 5) is 11.1. The summed E-state index contributed by atoms with van der Waals surface area (Å²) < 4.78 is 1.76. The highest BCUT2D eigenvalue weighted by Crippen LogP contribution is 2.19. The molecule has 2 rings (SSSR count). The van der Waals surface area contributed by atoms with Crippen molar-refractivity contribution in [2.24, 2.45) is 12.8 Å². The number of hydrogen-bond donors (Lipinski definition) is 2. The lowest BCUT2D eigenvalue weighted by Gasteiger charge is -2.14. The molecule has 1 heterocycles. The second-order valence-electron chi connectivity index (χ2n) is 4.26. The quantitative estimate of drug-likeness (QED) is 0.859. The molecular weight excluding hydrogens is 228 g/mol. The minimum absolute atomic E-state index is 0.113. The van der Waals surface area contributed by atoms with E-state index < -0.39 is 5.91 Å². The molecule has 0 bridgehead atoms. The molecule has 1 unspecified atom stereocenters. The fraction of sp³-hybridized carbons (Fsp3) is 0.231. The van der Waals surface area contributed by atoms with Gasteiger partial charge in [0.25, 0.3) is 0 Å². The Balaban J connectivity index is 2.14. The molecule has 0 saturated heterocycles. The summed E-state index contributed by atoms with van der Waals surface area (Å²) in [6.45, 7) is 2.04. The van der Waals surface area contributed by atoms with Crippen LogP contribution in [-0.4, -0.2) is 15.7 Å². The summed E-state index contributed by atoms with van der Waals surface area (Å²) in [6, 6.07) is 7.26. The van der Waals surface area contributed by atoms with E-state index in [-0.39, 0.29) is 6.04 Å². The summed E-state index contributed by atoms with van der Waals surface area (Å²) in [6.07, 6.45) is 3.77. The molecule has 18 heavy (non-hydrogen) atoms. The van der Waals surface area contributed by atoms with E-state index in [9.17, 15) is 4.79 Å². The normalized spacial score (nSPS) is 12.1. The van der Waals surface area contributed by atoms with Gasteiger partial charge in [0, 0.05) is 30.1 Å². The zero-order valence-corrected chi connectivity index (χ0v) is 10.4. The third kappa shape index (κ3) is 2.68. The SMILES string of the molecule is CC(Nc1cccc(C(N)=O)c1)c1cnn(C)c1. The molecule has 1 amide bonds. The van der Waals surface area contributed by atoms with E-state index in [1.165, 1.54) is 0 Å². The number of carbonyl (C=O) groups is 1. The Morgan fingerprint density at radius 1 is 1.50 bits per heavy atom. The monoisotopic (exact) mass is 244 g/mol. The smallest absolute Gasteiger partial charge is 0.248 e. The van der Waals surface area contributed by atoms with Gasteiger partial charge in [-0.05, 0) is 25.1 Å². The van der Waals surface area contributed by atoms with Crippen LogP contribution in [0.3, 0.4) is 0 Å². The van der Waals surface area contributed by atoms with Gasteiger partial charge in [-0.15, -0.1) is 0 Å². The number of hydrogen-bond acceptors (Lipinski definition) is 3. The molecule has 3 N–H and O–H groups in total. The molecule has 0 fully saturated rings. The van der Waals surface area contributed by atoms with Crippen LogP contribution in [0.4, 0.5) is 5.69 Å². The van der Waals surface area contributed by atoms with Crippen molar-refractivity contribution < 1.29 is 4.79 Å². The van der Waals surface area contributed by atoms with Gasteiger partial charge in [0.15, 0.2) is 0 Å². The summed E-state index contributed by atoms with van der Waals surface area (Å²) in [5, 5.41) is 7.43. The molecular formula is C13H16N4O. The second-order valence-corrected chi connectivity index (χ2v) is 4.26. The molecule has 2 aromatic rings. The van der Waals surface area contributed by atoms with E-state index in [1.807, 2.05) is 32.4 Å². The van der Waals surface area contributed by atoms with Crippen molar-refractivity contribution in [3.05, 3.63) is 47.8 Å². The number of aryl methyl sites for hydroxylation is 1. The van der Waals surface area contributed by atoms with Crippen molar-refractivity contribution >= 4 is 11.6 Å². The predicted molar refractivity (Wildman–Crippen MR) is 70.2 cm³/mol. The number of nitrogens with zero attached hydrogens (tertiary/aromatic N) is 2. The van der Waals surface area contributed by atoms with Gasteiger partial charge in [0.05, 0.1) is 12.2 Å². The average Bonchev–Trinajstić information content (AvgIpc) is 2.76. The topological polar surface area (TPSA) is 72.9 Å². The number of amides is 1. The molecule has 1 atom stereocenters. The first-order chi connectivity index (χ1) is 8.56. The molecule has 0 saturated carbocycles. The van der Waals surface area contributed by atoms with Gasteiger partial charge in [0.2, 0.25) is 5.91 Å². The third-order valence-electron chi connectivity index (χ3n) is 2.76. The summed E-state index contributed by atoms with van der Waals surface area (Å²) >= 11 is 0. The van der Waals surface area contributed by atoms with E-state index in [2.05, 4.69) is 10.4 Å². The van der Waals surface area contributed by atoms with Gasteiger partial charge in [-0.25, -0.2) is 0 Å². The van der Waals surface area contributed by atoms with E-state index in [4.69, 9.17) is 5.73 Å². The van der Waals surface area contributed by atoms with Crippen LogP contribution < -0.4 is 11.1 Å². The standard InChI is InChI=1S/C13H16N4O/c1-9(11-7-15-17(2)8-11)16-12-5-3-4-10(6-12)13(14)18/h3-9,16H,1-2H3,(H2,14,18). The van der Waals surface area contributed by atoms with Crippen LogP contribution in [-0.2, 0) is 7.05 Å². The summed E-state index contributed by atoms with van der Waals surface area (Å²) in [5.74, 6) is -0.423. The summed E-state index contributed by atoms with van der Waals surface area (Å²) in [5.41, 5.74) is 7.70. The highest BCUT2D eigenvalue weighted by Gasteiger charge is 2.08. The zero-order valence-electron chi connectivity index (χ0n) is 10.4. The molecule has 1 aromatic carbocycles. The number of nitrogens with one attached hydrogen (secondary N) is 1. The fourth-order valence-corrected chi connectivity index (χ4v) is 1.76. The maximum absolute atomic E-state index is 11.1. The Morgan fingerprint density at radius 3 is 2.89 bits per heavy atom. The van der Waals surface area contributed by atoms with Gasteiger partial charge in [-0.3, -0.25) is 9.48 Å². The first kappa shape index (κ1) is 12.2. The highest BCUT2D eigenvalue weighted by atomic mass is 16.1. The number of carbonyl (C=O) groups excluding carboxylic acids is 1. The van der Waals surface area contributed by atoms with E-state index in [0.717, 1.165) is 11.3 Å². The maximum Gasteiger partial charge on any atom is 0.248 e. The molecule has 0 spiro atoms. The average molecular weight is 244 g/mol. The second kappa shape index (κ2) is 4.91. The van der Waals surface area contributed by atoms with Gasteiger partial charge in [0.1, 0.15) is 0 Å². The van der Waals surface area contributed by atoms with E-state index in [1.54, 1.807) is 22.9 Å². The Kier molecular flexibility index (Phi) is 3.32. The Bertz CT molecular complexity index is 562. The minimum Gasteiger partial charge on any atom is -0.378 e. The number of rotatable bonds is 4. The van der Waals surface area contributed by atoms with Crippen molar-refractivity contribution in [3.8, 4) is 0 Å². The van der Waals surface area contributed by atoms with Crippen molar-refractivity contribution in [1.82, 2.24) is 9.78 Å². The van der Waals surface area contributed by atoms with Crippen LogP contribution in [0.1, 0.15) is 28.9 Å². The molecule has 0 aliphatic rings. The van der Waals surface area contributed by atoms with Crippen molar-refractivity contribution in [2.75, 3.05) is 5.32 Å². The molecule has 1 aromatic heterocycles. The molecule has 94 valence electrons. The Labute approximate surface area is 106 Å². The zero-order chi connectivity index (χ0) is 13.1. The van der Waals surface area contributed by atoms with Crippen molar-refractivity contribution in [1.29, 1.82) is 0 Å². The number of primary amides is 1. The molecule has 0 radical (unpaired) electrons. The lowest BCUT2D eigenvalue weighted by atomic mass is 10.1.